The van der Waals surface area contributed by atoms with E-state index in [0.29, 0.717) is 17.4 Å². The number of carbonyl (C=O) groups excluding carboxylic acids is 4. The van der Waals surface area contributed by atoms with E-state index in [1.165, 1.54) is 0 Å². The molecule has 0 unspecified atom stereocenters. The molecule has 3 fully saturated rings. The topological polar surface area (TPSA) is 80.8 Å². The van der Waals surface area contributed by atoms with Crippen molar-refractivity contribution in [3.05, 3.63) is 48.0 Å². The van der Waals surface area contributed by atoms with E-state index in [1.54, 1.807) is 44.2 Å². The van der Waals surface area contributed by atoms with Crippen molar-refractivity contribution in [2.24, 2.45) is 41.4 Å². The van der Waals surface area contributed by atoms with Crippen LogP contribution in [-0.2, 0) is 19.1 Å². The van der Waals surface area contributed by atoms with E-state index < -0.39 is 18.6 Å². The Morgan fingerprint density at radius 2 is 1.57 bits per heavy atom. The second-order valence-electron chi connectivity index (χ2n) is 9.29. The van der Waals surface area contributed by atoms with Gasteiger partial charge in [-0.2, -0.15) is 0 Å². The van der Waals surface area contributed by atoms with Crippen LogP contribution in [-0.4, -0.2) is 41.1 Å². The summed E-state index contributed by atoms with van der Waals surface area (Å²) in [6.07, 6.45) is 5.30. The lowest BCUT2D eigenvalue weighted by molar-refractivity contribution is -0.160. The molecule has 1 heterocycles. The highest BCUT2D eigenvalue weighted by molar-refractivity contribution is 6.09. The summed E-state index contributed by atoms with van der Waals surface area (Å²) in [4.78, 5) is 53.0. The standard InChI is InChI=1S/C24H25NO5/c1-12(2)21(24(29)30-11-18(26)13-6-4-3-5-7-13)25-22(27)19-14-8-9-15(17-10-16(14)17)20(19)23(25)28/h3-9,12,14-17,19-21H,10-11H2,1-2H3/t14-,15-,16-,17-,19-,20+,21-/m1/s1. The van der Waals surface area contributed by atoms with Crippen molar-refractivity contribution >= 4 is 23.6 Å². The molecule has 0 spiro atoms. The molecule has 7 atom stereocenters. The molecule has 4 aliphatic carbocycles. The van der Waals surface area contributed by atoms with Crippen molar-refractivity contribution in [1.82, 2.24) is 4.90 Å². The average Bonchev–Trinajstić information content (AvgIpc) is 3.53. The fraction of sp³-hybridized carbons (Fsp3) is 0.500. The predicted octanol–water partition coefficient (Wildman–Crippen LogP) is 2.49. The summed E-state index contributed by atoms with van der Waals surface area (Å²) in [5, 5.41) is 0. The number of ketones is 1. The number of nitrogens with zero attached hydrogens (tertiary/aromatic N) is 1. The molecule has 1 aliphatic heterocycles. The zero-order valence-electron chi connectivity index (χ0n) is 17.1. The third kappa shape index (κ3) is 2.76. The normalized spacial score (nSPS) is 34.0. The first-order chi connectivity index (χ1) is 14.4. The van der Waals surface area contributed by atoms with E-state index in [0.717, 1.165) is 11.3 Å². The Bertz CT molecular complexity index is 916. The minimum Gasteiger partial charge on any atom is -0.456 e. The highest BCUT2D eigenvalue weighted by Crippen LogP contribution is 2.65. The van der Waals surface area contributed by atoms with Crippen LogP contribution in [0.2, 0.25) is 0 Å². The van der Waals surface area contributed by atoms with E-state index in [9.17, 15) is 19.2 Å². The molecule has 1 aromatic rings. The van der Waals surface area contributed by atoms with Crippen LogP contribution < -0.4 is 0 Å². The van der Waals surface area contributed by atoms with E-state index in [4.69, 9.17) is 4.74 Å². The summed E-state index contributed by atoms with van der Waals surface area (Å²) < 4.78 is 5.29. The quantitative estimate of drug-likeness (QED) is 0.313. The Morgan fingerprint density at radius 1 is 1.00 bits per heavy atom. The van der Waals surface area contributed by atoms with Gasteiger partial charge in [0.05, 0.1) is 11.8 Å². The first-order valence-corrected chi connectivity index (χ1v) is 10.7. The van der Waals surface area contributed by atoms with Gasteiger partial charge in [0.15, 0.2) is 12.4 Å². The molecule has 1 saturated heterocycles. The fourth-order valence-corrected chi connectivity index (χ4v) is 5.86. The Labute approximate surface area is 175 Å². The monoisotopic (exact) mass is 407 g/mol. The summed E-state index contributed by atoms with van der Waals surface area (Å²) >= 11 is 0. The van der Waals surface area contributed by atoms with E-state index in [1.807, 2.05) is 0 Å². The first-order valence-electron chi connectivity index (χ1n) is 10.7. The van der Waals surface area contributed by atoms with Gasteiger partial charge >= 0.3 is 5.97 Å². The Morgan fingerprint density at radius 3 is 2.10 bits per heavy atom. The number of imide groups is 1. The van der Waals surface area contributed by atoms with Gasteiger partial charge in [0, 0.05) is 5.56 Å². The first kappa shape index (κ1) is 19.2. The smallest absolute Gasteiger partial charge is 0.330 e. The number of Topliss-reactive ketones (excluding diaryl/α,β-unsaturated/α-hetero) is 1. The highest BCUT2D eigenvalue weighted by Gasteiger charge is 2.68. The van der Waals surface area contributed by atoms with Crippen LogP contribution in [0.25, 0.3) is 0 Å². The van der Waals surface area contributed by atoms with E-state index in [2.05, 4.69) is 12.2 Å². The van der Waals surface area contributed by atoms with Crippen molar-refractivity contribution in [1.29, 1.82) is 0 Å². The van der Waals surface area contributed by atoms with Crippen LogP contribution in [0.4, 0.5) is 0 Å². The van der Waals surface area contributed by atoms with Gasteiger partial charge in [-0.25, -0.2) is 4.79 Å². The maximum absolute atomic E-state index is 13.3. The molecule has 5 aliphatic rings. The van der Waals surface area contributed by atoms with Crippen molar-refractivity contribution < 1.29 is 23.9 Å². The summed E-state index contributed by atoms with van der Waals surface area (Å²) in [7, 11) is 0. The zero-order chi connectivity index (χ0) is 21.2. The molecule has 6 nitrogen and oxygen atoms in total. The SMILES string of the molecule is CC(C)[C@H](C(=O)OCC(=O)c1ccccc1)N1C(=O)[C@@H]2[C@@H]3C=C[C@H]([C@H]4C[C@H]34)[C@@H]2C1=O. The third-order valence-electron chi connectivity index (χ3n) is 7.29. The second kappa shape index (κ2) is 6.89. The van der Waals surface area contributed by atoms with Crippen LogP contribution in [0.15, 0.2) is 42.5 Å². The van der Waals surface area contributed by atoms with Crippen LogP contribution >= 0.6 is 0 Å². The summed E-state index contributed by atoms with van der Waals surface area (Å²) in [6.45, 7) is 3.17. The van der Waals surface area contributed by atoms with Gasteiger partial charge in [-0.05, 0) is 36.0 Å². The third-order valence-corrected chi connectivity index (χ3v) is 7.29. The van der Waals surface area contributed by atoms with Crippen molar-refractivity contribution in [3.63, 3.8) is 0 Å². The summed E-state index contributed by atoms with van der Waals surface area (Å²) in [5.41, 5.74) is 0.451. The van der Waals surface area contributed by atoms with Crippen LogP contribution in [0.3, 0.4) is 0 Å². The molecule has 2 saturated carbocycles. The van der Waals surface area contributed by atoms with Gasteiger partial charge < -0.3 is 4.74 Å². The number of esters is 1. The molecule has 2 bridgehead atoms. The molecular weight excluding hydrogens is 382 g/mol. The molecule has 6 heteroatoms. The second-order valence-corrected chi connectivity index (χ2v) is 9.29. The van der Waals surface area contributed by atoms with E-state index >= 15 is 0 Å². The number of hydrogen-bond acceptors (Lipinski definition) is 5. The van der Waals surface area contributed by atoms with Gasteiger partial charge in [-0.1, -0.05) is 56.3 Å². The number of carbonyl (C=O) groups is 4. The summed E-state index contributed by atoms with van der Waals surface area (Å²) in [6, 6.07) is 7.58. The molecule has 30 heavy (non-hydrogen) atoms. The molecule has 0 aromatic heterocycles. The number of likely N-dealkylation sites (tertiary alicyclic amines) is 1. The van der Waals surface area contributed by atoms with Crippen LogP contribution in [0.1, 0.15) is 30.6 Å². The Kier molecular flexibility index (Phi) is 4.42. The Hall–Kier alpha value is -2.76. The highest BCUT2D eigenvalue weighted by atomic mass is 16.5. The van der Waals surface area contributed by atoms with E-state index in [-0.39, 0.29) is 47.2 Å². The minimum absolute atomic E-state index is 0.106. The number of rotatable bonds is 6. The van der Waals surface area contributed by atoms with Crippen molar-refractivity contribution in [3.8, 4) is 0 Å². The largest absolute Gasteiger partial charge is 0.456 e. The lowest BCUT2D eigenvalue weighted by Gasteiger charge is -2.37. The number of amides is 2. The van der Waals surface area contributed by atoms with Crippen LogP contribution in [0.5, 0.6) is 0 Å². The number of allylic oxidation sites excluding steroid dienone is 2. The van der Waals surface area contributed by atoms with Gasteiger partial charge in [0.2, 0.25) is 11.8 Å². The maximum atomic E-state index is 13.3. The molecule has 6 rings (SSSR count). The molecular formula is C24H25NO5. The zero-order valence-corrected chi connectivity index (χ0v) is 17.1. The lowest BCUT2D eigenvalue weighted by atomic mass is 9.63. The molecule has 2 amide bonds. The van der Waals surface area contributed by atoms with Crippen LogP contribution in [0, 0.1) is 41.4 Å². The minimum atomic E-state index is -1.00. The molecule has 1 aromatic carbocycles. The number of benzene rings is 1. The van der Waals surface area contributed by atoms with Crippen molar-refractivity contribution in [2.75, 3.05) is 6.61 Å². The number of hydrogen-bond donors (Lipinski definition) is 0. The van der Waals surface area contributed by atoms with Crippen molar-refractivity contribution in [2.45, 2.75) is 26.3 Å². The van der Waals surface area contributed by atoms with Gasteiger partial charge in [-0.15, -0.1) is 0 Å². The molecule has 0 N–H and O–H groups in total. The van der Waals surface area contributed by atoms with Gasteiger partial charge in [0.25, 0.3) is 0 Å². The fourth-order valence-electron chi connectivity index (χ4n) is 5.86. The predicted molar refractivity (Wildman–Crippen MR) is 107 cm³/mol. The summed E-state index contributed by atoms with van der Waals surface area (Å²) in [5.74, 6) is -1.30. The van der Waals surface area contributed by atoms with Gasteiger partial charge in [-0.3, -0.25) is 19.3 Å². The Balaban J connectivity index is 1.34. The molecule has 0 radical (unpaired) electrons. The lowest BCUT2D eigenvalue weighted by Crippen LogP contribution is -2.49. The molecule has 156 valence electrons. The average molecular weight is 407 g/mol. The number of ether oxygens (including phenoxy) is 1. The van der Waals surface area contributed by atoms with Gasteiger partial charge in [0.1, 0.15) is 6.04 Å². The maximum Gasteiger partial charge on any atom is 0.330 e.